The maximum absolute atomic E-state index is 5.14. The molecular formula is C4H9N3. The van der Waals surface area contributed by atoms with Crippen LogP contribution < -0.4 is 5.73 Å². The van der Waals surface area contributed by atoms with Gasteiger partial charge in [-0.25, -0.2) is 4.99 Å². The predicted octanol–water partition coefficient (Wildman–Crippen LogP) is 0.0216. The molecule has 7 heavy (non-hydrogen) atoms. The van der Waals surface area contributed by atoms with Crippen LogP contribution in [0.4, 0.5) is 0 Å². The monoisotopic (exact) mass is 99.1 g/mol. The molecule has 3 nitrogen and oxygen atoms in total. The van der Waals surface area contributed by atoms with Crippen molar-refractivity contribution >= 4 is 12.2 Å². The number of hydrogen-bond acceptors (Lipinski definition) is 1. The topological polar surface area (TPSA) is 50.7 Å². The van der Waals surface area contributed by atoms with Crippen molar-refractivity contribution < 1.29 is 0 Å². The Morgan fingerprint density at radius 3 is 2.43 bits per heavy atom. The number of aliphatic imine (C=N–C) groups is 2. The minimum atomic E-state index is 0.322. The first-order valence-electron chi connectivity index (χ1n) is 2.02. The van der Waals surface area contributed by atoms with Gasteiger partial charge in [-0.1, -0.05) is 0 Å². The molecule has 0 aromatic carbocycles. The van der Waals surface area contributed by atoms with Gasteiger partial charge in [-0.2, -0.15) is 0 Å². The molecule has 0 atom stereocenters. The largest absolute Gasteiger partial charge is 0.368 e. The fraction of sp³-hybridized carbons (Fsp3) is 0.500. The van der Waals surface area contributed by atoms with E-state index in [-0.39, 0.29) is 0 Å². The Bertz CT molecular complexity index is 93.1. The maximum Gasteiger partial charge on any atom is 0.214 e. The van der Waals surface area contributed by atoms with Crippen LogP contribution in [-0.2, 0) is 0 Å². The van der Waals surface area contributed by atoms with Crippen LogP contribution in [-0.4, -0.2) is 19.2 Å². The first kappa shape index (κ1) is 6.14. The molecule has 2 N–H and O–H groups in total. The number of guanidine groups is 1. The molecule has 0 aliphatic rings. The van der Waals surface area contributed by atoms with E-state index in [1.165, 1.54) is 0 Å². The molecule has 0 radical (unpaired) electrons. The number of rotatable bonds is 0. The van der Waals surface area contributed by atoms with E-state index in [0.29, 0.717) is 5.96 Å². The van der Waals surface area contributed by atoms with Gasteiger partial charge in [0.15, 0.2) is 0 Å². The normalized spacial score (nSPS) is 13.1. The molecule has 0 bridgehead atoms. The van der Waals surface area contributed by atoms with Gasteiger partial charge in [-0.3, -0.25) is 4.99 Å². The van der Waals surface area contributed by atoms with Crippen molar-refractivity contribution in [3.8, 4) is 0 Å². The molecule has 0 saturated carbocycles. The van der Waals surface area contributed by atoms with Gasteiger partial charge in [0.05, 0.1) is 0 Å². The second-order valence-electron chi connectivity index (χ2n) is 0.969. The first-order valence-corrected chi connectivity index (χ1v) is 2.02. The van der Waals surface area contributed by atoms with Crippen molar-refractivity contribution in [1.29, 1.82) is 0 Å². The fourth-order valence-corrected chi connectivity index (χ4v) is 0.190. The molecule has 0 aromatic rings. The highest BCUT2D eigenvalue weighted by molar-refractivity contribution is 5.85. The van der Waals surface area contributed by atoms with Crippen molar-refractivity contribution in [2.75, 3.05) is 7.05 Å². The zero-order chi connectivity index (χ0) is 5.70. The molecule has 0 unspecified atom stereocenters. The van der Waals surface area contributed by atoms with Gasteiger partial charge in [-0.15, -0.1) is 0 Å². The van der Waals surface area contributed by atoms with Gasteiger partial charge >= 0.3 is 0 Å². The van der Waals surface area contributed by atoms with Gasteiger partial charge < -0.3 is 5.73 Å². The molecule has 0 rings (SSSR count). The summed E-state index contributed by atoms with van der Waals surface area (Å²) in [5, 5.41) is 0. The molecule has 0 amide bonds. The van der Waals surface area contributed by atoms with Gasteiger partial charge in [0.25, 0.3) is 0 Å². The Labute approximate surface area is 43.0 Å². The molecular weight excluding hydrogens is 90.1 g/mol. The van der Waals surface area contributed by atoms with Gasteiger partial charge in [0.2, 0.25) is 5.96 Å². The number of nitrogens with zero attached hydrogens (tertiary/aromatic N) is 2. The Balaban J connectivity index is 3.58. The standard InChI is InChI=1S/C4H9N3/c1-3-7-4(5)6-2/h3H,1-2H3,(H2,5,6). The third-order valence-corrected chi connectivity index (χ3v) is 0.490. The Morgan fingerprint density at radius 1 is 1.71 bits per heavy atom. The summed E-state index contributed by atoms with van der Waals surface area (Å²) in [6.45, 7) is 1.79. The zero-order valence-corrected chi connectivity index (χ0v) is 4.55. The summed E-state index contributed by atoms with van der Waals surface area (Å²) < 4.78 is 0. The summed E-state index contributed by atoms with van der Waals surface area (Å²) in [5.74, 6) is 0.322. The SMILES string of the molecule is CC=NC(N)=NC. The van der Waals surface area contributed by atoms with Crippen LogP contribution in [0.1, 0.15) is 6.92 Å². The third kappa shape index (κ3) is 2.96. The van der Waals surface area contributed by atoms with E-state index in [2.05, 4.69) is 9.98 Å². The van der Waals surface area contributed by atoms with Crippen molar-refractivity contribution in [2.45, 2.75) is 6.92 Å². The average Bonchev–Trinajstić information content (AvgIpc) is 1.68. The quantitative estimate of drug-likeness (QED) is 0.338. The van der Waals surface area contributed by atoms with Crippen molar-refractivity contribution in [3.63, 3.8) is 0 Å². The lowest BCUT2D eigenvalue weighted by molar-refractivity contribution is 1.36. The van der Waals surface area contributed by atoms with E-state index >= 15 is 0 Å². The smallest absolute Gasteiger partial charge is 0.214 e. The molecule has 0 aliphatic carbocycles. The fourth-order valence-electron chi connectivity index (χ4n) is 0.190. The minimum Gasteiger partial charge on any atom is -0.368 e. The lowest BCUT2D eigenvalue weighted by atomic mass is 10.8. The van der Waals surface area contributed by atoms with Crippen molar-refractivity contribution in [3.05, 3.63) is 0 Å². The number of hydrogen-bond donors (Lipinski definition) is 1. The van der Waals surface area contributed by atoms with E-state index in [9.17, 15) is 0 Å². The Morgan fingerprint density at radius 2 is 2.29 bits per heavy atom. The van der Waals surface area contributed by atoms with Crippen LogP contribution >= 0.6 is 0 Å². The highest BCUT2D eigenvalue weighted by atomic mass is 15.0. The molecule has 0 fully saturated rings. The average molecular weight is 99.1 g/mol. The van der Waals surface area contributed by atoms with Crippen LogP contribution in [0.15, 0.2) is 9.98 Å². The van der Waals surface area contributed by atoms with Gasteiger partial charge in [0.1, 0.15) is 0 Å². The highest BCUT2D eigenvalue weighted by Gasteiger charge is 1.72. The van der Waals surface area contributed by atoms with Crippen LogP contribution in [0.25, 0.3) is 0 Å². The van der Waals surface area contributed by atoms with E-state index < -0.39 is 0 Å². The number of nitrogens with two attached hydrogens (primary N) is 1. The molecule has 0 spiro atoms. The van der Waals surface area contributed by atoms with Gasteiger partial charge in [-0.05, 0) is 6.92 Å². The molecule has 0 aromatic heterocycles. The van der Waals surface area contributed by atoms with Crippen LogP contribution in [0.3, 0.4) is 0 Å². The van der Waals surface area contributed by atoms with Crippen molar-refractivity contribution in [1.82, 2.24) is 0 Å². The lowest BCUT2D eigenvalue weighted by Crippen LogP contribution is -2.06. The summed E-state index contributed by atoms with van der Waals surface area (Å²) in [6, 6.07) is 0. The van der Waals surface area contributed by atoms with Crippen LogP contribution in [0.2, 0.25) is 0 Å². The minimum absolute atomic E-state index is 0.322. The Hall–Kier alpha value is -0.860. The van der Waals surface area contributed by atoms with Crippen LogP contribution in [0.5, 0.6) is 0 Å². The van der Waals surface area contributed by atoms with E-state index in [1.807, 2.05) is 0 Å². The van der Waals surface area contributed by atoms with E-state index in [4.69, 9.17) is 5.73 Å². The van der Waals surface area contributed by atoms with Gasteiger partial charge in [0, 0.05) is 13.3 Å². The first-order chi connectivity index (χ1) is 3.31. The van der Waals surface area contributed by atoms with Crippen LogP contribution in [0, 0.1) is 0 Å². The predicted molar refractivity (Wildman–Crippen MR) is 31.7 cm³/mol. The second-order valence-corrected chi connectivity index (χ2v) is 0.969. The summed E-state index contributed by atoms with van der Waals surface area (Å²) in [6.07, 6.45) is 1.60. The molecule has 0 aliphatic heterocycles. The zero-order valence-electron chi connectivity index (χ0n) is 4.55. The highest BCUT2D eigenvalue weighted by Crippen LogP contribution is 1.63. The molecule has 3 heteroatoms. The third-order valence-electron chi connectivity index (χ3n) is 0.490. The Kier molecular flexibility index (Phi) is 2.92. The van der Waals surface area contributed by atoms with E-state index in [1.54, 1.807) is 20.2 Å². The maximum atomic E-state index is 5.14. The van der Waals surface area contributed by atoms with Crippen molar-refractivity contribution in [2.24, 2.45) is 15.7 Å². The molecule has 0 heterocycles. The lowest BCUT2D eigenvalue weighted by Gasteiger charge is -1.81. The summed E-state index contributed by atoms with van der Waals surface area (Å²) >= 11 is 0. The summed E-state index contributed by atoms with van der Waals surface area (Å²) in [7, 11) is 1.60. The molecule has 0 saturated heterocycles. The second kappa shape index (κ2) is 3.33. The summed E-state index contributed by atoms with van der Waals surface area (Å²) in [4.78, 5) is 7.22. The summed E-state index contributed by atoms with van der Waals surface area (Å²) in [5.41, 5.74) is 5.14. The van der Waals surface area contributed by atoms with E-state index in [0.717, 1.165) is 0 Å². The molecule has 40 valence electrons.